The molecule has 17 heavy (non-hydrogen) atoms. The first-order valence-corrected chi connectivity index (χ1v) is 6.14. The average molecular weight is 228 g/mol. The second-order valence-electron chi connectivity index (χ2n) is 4.56. The first-order chi connectivity index (χ1) is 8.40. The molecule has 0 aliphatic heterocycles. The fourth-order valence-electron chi connectivity index (χ4n) is 2.63. The second kappa shape index (κ2) is 4.34. The molecule has 2 aromatic rings. The maximum absolute atomic E-state index is 5.85. The molecule has 0 saturated heterocycles. The van der Waals surface area contributed by atoms with E-state index in [1.54, 1.807) is 0 Å². The number of hydrogen-bond donors (Lipinski definition) is 1. The molecule has 1 unspecified atom stereocenters. The van der Waals surface area contributed by atoms with Crippen molar-refractivity contribution < 1.29 is 4.52 Å². The summed E-state index contributed by atoms with van der Waals surface area (Å²) in [6.45, 7) is 0.675. The minimum Gasteiger partial charge on any atom is -0.360 e. The zero-order valence-electron chi connectivity index (χ0n) is 9.73. The van der Waals surface area contributed by atoms with Crippen LogP contribution in [0.3, 0.4) is 0 Å². The third-order valence-corrected chi connectivity index (χ3v) is 3.50. The Bertz CT molecular complexity index is 504. The van der Waals surface area contributed by atoms with E-state index in [1.807, 2.05) is 18.2 Å². The molecule has 1 atom stereocenters. The first kappa shape index (κ1) is 10.5. The maximum Gasteiger partial charge on any atom is 0.140 e. The maximum atomic E-state index is 5.85. The molecule has 3 rings (SSSR count). The molecule has 2 N–H and O–H groups in total. The Morgan fingerprint density at radius 1 is 1.29 bits per heavy atom. The highest BCUT2D eigenvalue weighted by atomic mass is 16.5. The Kier molecular flexibility index (Phi) is 2.69. The molecule has 0 amide bonds. The number of benzene rings is 1. The summed E-state index contributed by atoms with van der Waals surface area (Å²) in [5.41, 5.74) is 9.20. The topological polar surface area (TPSA) is 52.0 Å². The number of aryl methyl sites for hydroxylation is 1. The largest absolute Gasteiger partial charge is 0.360 e. The molecule has 0 radical (unpaired) electrons. The highest BCUT2D eigenvalue weighted by Crippen LogP contribution is 2.37. The average Bonchev–Trinajstić information content (AvgIpc) is 2.83. The fourth-order valence-corrected chi connectivity index (χ4v) is 2.63. The van der Waals surface area contributed by atoms with Gasteiger partial charge in [0.2, 0.25) is 0 Å². The lowest BCUT2D eigenvalue weighted by molar-refractivity contribution is 0.366. The number of rotatable bonds is 2. The SMILES string of the molecule is NCC1CCCc2onc(-c3ccccc3)c21. The van der Waals surface area contributed by atoms with E-state index in [1.165, 1.54) is 5.56 Å². The van der Waals surface area contributed by atoms with Crippen molar-refractivity contribution in [3.8, 4) is 11.3 Å². The van der Waals surface area contributed by atoms with Crippen LogP contribution in [-0.4, -0.2) is 11.7 Å². The molecular weight excluding hydrogens is 212 g/mol. The van der Waals surface area contributed by atoms with Crippen LogP contribution in [0.4, 0.5) is 0 Å². The number of fused-ring (bicyclic) bond motifs is 1. The zero-order valence-corrected chi connectivity index (χ0v) is 9.73. The molecule has 88 valence electrons. The smallest absolute Gasteiger partial charge is 0.140 e. The number of hydrogen-bond acceptors (Lipinski definition) is 3. The standard InChI is InChI=1S/C14H16N2O/c15-9-11-7-4-8-12-13(11)14(16-17-12)10-5-2-1-3-6-10/h1-3,5-6,11H,4,7-9,15H2. The Morgan fingerprint density at radius 3 is 2.88 bits per heavy atom. The summed E-state index contributed by atoms with van der Waals surface area (Å²) >= 11 is 0. The molecule has 1 aromatic heterocycles. The van der Waals surface area contributed by atoms with Crippen molar-refractivity contribution >= 4 is 0 Å². The third-order valence-electron chi connectivity index (χ3n) is 3.50. The van der Waals surface area contributed by atoms with E-state index in [2.05, 4.69) is 17.3 Å². The molecule has 3 heteroatoms. The molecule has 0 bridgehead atoms. The molecule has 1 aromatic carbocycles. The summed E-state index contributed by atoms with van der Waals surface area (Å²) in [6, 6.07) is 10.2. The number of nitrogens with zero attached hydrogens (tertiary/aromatic N) is 1. The van der Waals surface area contributed by atoms with Gasteiger partial charge in [0, 0.05) is 23.5 Å². The molecule has 0 saturated carbocycles. The van der Waals surface area contributed by atoms with Gasteiger partial charge in [-0.25, -0.2) is 0 Å². The molecule has 0 fully saturated rings. The van der Waals surface area contributed by atoms with E-state index in [4.69, 9.17) is 10.3 Å². The monoisotopic (exact) mass is 228 g/mol. The van der Waals surface area contributed by atoms with Crippen LogP contribution in [0.5, 0.6) is 0 Å². The molecule has 1 heterocycles. The van der Waals surface area contributed by atoms with E-state index < -0.39 is 0 Å². The molecule has 1 aliphatic rings. The van der Waals surface area contributed by atoms with Crippen LogP contribution in [0, 0.1) is 0 Å². The summed E-state index contributed by atoms with van der Waals surface area (Å²) in [4.78, 5) is 0. The Balaban J connectivity index is 2.10. The zero-order chi connectivity index (χ0) is 11.7. The van der Waals surface area contributed by atoms with Crippen molar-refractivity contribution in [2.75, 3.05) is 6.54 Å². The minimum atomic E-state index is 0.403. The van der Waals surface area contributed by atoms with Crippen molar-refractivity contribution in [2.45, 2.75) is 25.2 Å². The van der Waals surface area contributed by atoms with Gasteiger partial charge in [0.05, 0.1) is 0 Å². The van der Waals surface area contributed by atoms with Crippen molar-refractivity contribution in [2.24, 2.45) is 5.73 Å². The number of aromatic nitrogens is 1. The molecule has 0 spiro atoms. The normalized spacial score (nSPS) is 19.0. The minimum absolute atomic E-state index is 0.403. The van der Waals surface area contributed by atoms with Crippen LogP contribution in [0.25, 0.3) is 11.3 Å². The van der Waals surface area contributed by atoms with Gasteiger partial charge in [-0.2, -0.15) is 0 Å². The second-order valence-corrected chi connectivity index (χ2v) is 4.56. The lowest BCUT2D eigenvalue weighted by atomic mass is 9.84. The van der Waals surface area contributed by atoms with Crippen LogP contribution in [0.1, 0.15) is 30.1 Å². The van der Waals surface area contributed by atoms with E-state index in [-0.39, 0.29) is 0 Å². The fraction of sp³-hybridized carbons (Fsp3) is 0.357. The van der Waals surface area contributed by atoms with Crippen molar-refractivity contribution in [3.05, 3.63) is 41.7 Å². The summed E-state index contributed by atoms with van der Waals surface area (Å²) < 4.78 is 5.47. The summed E-state index contributed by atoms with van der Waals surface area (Å²) in [6.07, 6.45) is 3.29. The van der Waals surface area contributed by atoms with E-state index in [9.17, 15) is 0 Å². The predicted octanol–water partition coefficient (Wildman–Crippen LogP) is 2.72. The van der Waals surface area contributed by atoms with Crippen molar-refractivity contribution in [1.82, 2.24) is 5.16 Å². The van der Waals surface area contributed by atoms with Crippen molar-refractivity contribution in [3.63, 3.8) is 0 Å². The van der Waals surface area contributed by atoms with E-state index >= 15 is 0 Å². The van der Waals surface area contributed by atoms with Crippen LogP contribution in [-0.2, 0) is 6.42 Å². The summed E-state index contributed by atoms with van der Waals surface area (Å²) in [5, 5.41) is 4.24. The lowest BCUT2D eigenvalue weighted by Crippen LogP contribution is -2.17. The Morgan fingerprint density at radius 2 is 2.12 bits per heavy atom. The Labute approximate surface area is 101 Å². The van der Waals surface area contributed by atoms with Gasteiger partial charge in [0.15, 0.2) is 0 Å². The van der Waals surface area contributed by atoms with E-state index in [0.717, 1.165) is 36.3 Å². The molecular formula is C14H16N2O. The Hall–Kier alpha value is -1.61. The molecule has 1 aliphatic carbocycles. The number of nitrogens with two attached hydrogens (primary N) is 1. The summed E-state index contributed by atoms with van der Waals surface area (Å²) in [7, 11) is 0. The van der Waals surface area contributed by atoms with Gasteiger partial charge in [-0.05, 0) is 19.4 Å². The van der Waals surface area contributed by atoms with Crippen LogP contribution in [0.15, 0.2) is 34.9 Å². The van der Waals surface area contributed by atoms with Gasteiger partial charge in [0.1, 0.15) is 11.5 Å². The molecule has 3 nitrogen and oxygen atoms in total. The third kappa shape index (κ3) is 1.76. The lowest BCUT2D eigenvalue weighted by Gasteiger charge is -2.20. The van der Waals surface area contributed by atoms with Gasteiger partial charge >= 0.3 is 0 Å². The predicted molar refractivity (Wildman–Crippen MR) is 66.7 cm³/mol. The quantitative estimate of drug-likeness (QED) is 0.859. The van der Waals surface area contributed by atoms with E-state index in [0.29, 0.717) is 12.5 Å². The van der Waals surface area contributed by atoms with Crippen LogP contribution >= 0.6 is 0 Å². The summed E-state index contributed by atoms with van der Waals surface area (Å²) in [5.74, 6) is 1.44. The highest BCUT2D eigenvalue weighted by Gasteiger charge is 2.27. The van der Waals surface area contributed by atoms with Gasteiger partial charge < -0.3 is 10.3 Å². The highest BCUT2D eigenvalue weighted by molar-refractivity contribution is 5.64. The van der Waals surface area contributed by atoms with Crippen molar-refractivity contribution in [1.29, 1.82) is 0 Å². The van der Waals surface area contributed by atoms with Gasteiger partial charge in [-0.15, -0.1) is 0 Å². The van der Waals surface area contributed by atoms with Gasteiger partial charge in [-0.3, -0.25) is 0 Å². The first-order valence-electron chi connectivity index (χ1n) is 6.14. The van der Waals surface area contributed by atoms with Crippen LogP contribution < -0.4 is 5.73 Å². The van der Waals surface area contributed by atoms with Crippen LogP contribution in [0.2, 0.25) is 0 Å². The van der Waals surface area contributed by atoms with Gasteiger partial charge in [-0.1, -0.05) is 35.5 Å². The van der Waals surface area contributed by atoms with Gasteiger partial charge in [0.25, 0.3) is 0 Å².